The van der Waals surface area contributed by atoms with Crippen LogP contribution < -0.4 is 5.32 Å². The average molecular weight is 336 g/mol. The van der Waals surface area contributed by atoms with Gasteiger partial charge >= 0.3 is 0 Å². The Morgan fingerprint density at radius 3 is 3.22 bits per heavy atom. The Kier molecular flexibility index (Phi) is 3.86. The average Bonchev–Trinajstić information content (AvgIpc) is 3.07. The highest BCUT2D eigenvalue weighted by Gasteiger charge is 2.25. The maximum atomic E-state index is 13.4. The minimum absolute atomic E-state index is 0.208. The van der Waals surface area contributed by atoms with Crippen LogP contribution in [0.2, 0.25) is 0 Å². The molecule has 4 rings (SSSR count). The van der Waals surface area contributed by atoms with Crippen LogP contribution in [0.1, 0.15) is 39.9 Å². The van der Waals surface area contributed by atoms with Gasteiger partial charge in [-0.3, -0.25) is 9.48 Å². The van der Waals surface area contributed by atoms with Gasteiger partial charge in [-0.1, -0.05) is 5.21 Å². The minimum atomic E-state index is -0.301. The van der Waals surface area contributed by atoms with Crippen molar-refractivity contribution >= 4 is 17.2 Å². The number of fused-ring (bicyclic) bond motifs is 1. The van der Waals surface area contributed by atoms with Crippen LogP contribution in [-0.4, -0.2) is 34.1 Å². The summed E-state index contributed by atoms with van der Waals surface area (Å²) in [6, 6.07) is 1.50. The van der Waals surface area contributed by atoms with E-state index < -0.39 is 0 Å². The second-order valence-corrected chi connectivity index (χ2v) is 7.10. The molecule has 23 heavy (non-hydrogen) atoms. The first-order valence-electron chi connectivity index (χ1n) is 7.77. The summed E-state index contributed by atoms with van der Waals surface area (Å²) in [6.07, 6.45) is 4.54. The van der Waals surface area contributed by atoms with E-state index in [9.17, 15) is 9.18 Å². The van der Waals surface area contributed by atoms with Gasteiger partial charge in [0.25, 0.3) is 5.91 Å². The highest BCUT2D eigenvalue weighted by Crippen LogP contribution is 2.32. The molecule has 8 heteroatoms. The van der Waals surface area contributed by atoms with E-state index in [4.69, 9.17) is 4.74 Å². The van der Waals surface area contributed by atoms with Crippen molar-refractivity contribution in [2.75, 3.05) is 13.2 Å². The normalized spacial score (nSPS) is 20.3. The zero-order chi connectivity index (χ0) is 15.8. The summed E-state index contributed by atoms with van der Waals surface area (Å²) in [5.74, 6) is 0.397. The smallest absolute Gasteiger partial charge is 0.273 e. The number of aromatic nitrogens is 3. The Morgan fingerprint density at radius 1 is 1.52 bits per heavy atom. The SMILES string of the molecule is O=C(NCC1OCCc2sc(F)cc21)c1cn(CC2CC2)nn1. The molecule has 2 aliphatic rings. The van der Waals surface area contributed by atoms with E-state index in [0.29, 0.717) is 24.8 Å². The van der Waals surface area contributed by atoms with Crippen molar-refractivity contribution in [2.24, 2.45) is 5.92 Å². The van der Waals surface area contributed by atoms with E-state index in [-0.39, 0.29) is 17.1 Å². The second kappa shape index (κ2) is 6.01. The first-order chi connectivity index (χ1) is 11.2. The number of carbonyl (C=O) groups excluding carboxylic acids is 1. The fourth-order valence-corrected chi connectivity index (χ4v) is 3.68. The molecule has 0 saturated heterocycles. The largest absolute Gasteiger partial charge is 0.371 e. The minimum Gasteiger partial charge on any atom is -0.371 e. The number of rotatable bonds is 5. The van der Waals surface area contributed by atoms with Crippen molar-refractivity contribution in [3.8, 4) is 0 Å². The van der Waals surface area contributed by atoms with Gasteiger partial charge in [-0.25, -0.2) is 0 Å². The van der Waals surface area contributed by atoms with Gasteiger partial charge in [0.05, 0.1) is 12.8 Å². The maximum Gasteiger partial charge on any atom is 0.273 e. The lowest BCUT2D eigenvalue weighted by atomic mass is 10.1. The molecule has 3 heterocycles. The van der Waals surface area contributed by atoms with E-state index in [2.05, 4.69) is 15.6 Å². The number of hydrogen-bond donors (Lipinski definition) is 1. The third-order valence-corrected chi connectivity index (χ3v) is 5.17. The van der Waals surface area contributed by atoms with Gasteiger partial charge in [-0.2, -0.15) is 4.39 Å². The number of carbonyl (C=O) groups is 1. The maximum absolute atomic E-state index is 13.4. The Balaban J connectivity index is 1.37. The van der Waals surface area contributed by atoms with Crippen LogP contribution in [0.3, 0.4) is 0 Å². The molecule has 0 radical (unpaired) electrons. The molecular formula is C15H17FN4O2S. The standard InChI is InChI=1S/C15H17FN4O2S/c16-14-5-10-12(22-4-3-13(10)23-14)6-17-15(21)11-8-20(19-18-11)7-9-1-2-9/h5,8-9,12H,1-4,6-7H2,(H,17,21). The van der Waals surface area contributed by atoms with Gasteiger partial charge in [0.15, 0.2) is 10.8 Å². The summed E-state index contributed by atoms with van der Waals surface area (Å²) in [4.78, 5) is 13.2. The lowest BCUT2D eigenvalue weighted by Crippen LogP contribution is -2.31. The molecule has 2 aromatic rings. The molecule has 1 aliphatic heterocycles. The number of thiophene rings is 1. The lowest BCUT2D eigenvalue weighted by molar-refractivity contribution is 0.0421. The predicted octanol–water partition coefficient (Wildman–Crippen LogP) is 1.93. The van der Waals surface area contributed by atoms with Crippen molar-refractivity contribution in [1.29, 1.82) is 0 Å². The fraction of sp³-hybridized carbons (Fsp3) is 0.533. The molecule has 1 saturated carbocycles. The lowest BCUT2D eigenvalue weighted by Gasteiger charge is -2.23. The van der Waals surface area contributed by atoms with E-state index in [0.717, 1.165) is 34.7 Å². The van der Waals surface area contributed by atoms with Gasteiger partial charge < -0.3 is 10.1 Å². The monoisotopic (exact) mass is 336 g/mol. The van der Waals surface area contributed by atoms with Crippen LogP contribution in [0.25, 0.3) is 0 Å². The molecule has 0 aromatic carbocycles. The van der Waals surface area contributed by atoms with Gasteiger partial charge in [0.1, 0.15) is 6.10 Å². The van der Waals surface area contributed by atoms with E-state index in [1.165, 1.54) is 18.9 Å². The van der Waals surface area contributed by atoms with Crippen LogP contribution in [0.15, 0.2) is 12.3 Å². The van der Waals surface area contributed by atoms with Crippen molar-refractivity contribution in [2.45, 2.75) is 31.9 Å². The zero-order valence-electron chi connectivity index (χ0n) is 12.5. The predicted molar refractivity (Wildman–Crippen MR) is 81.8 cm³/mol. The van der Waals surface area contributed by atoms with E-state index in [1.807, 2.05) is 0 Å². The third kappa shape index (κ3) is 3.28. The van der Waals surface area contributed by atoms with Crippen LogP contribution in [0, 0.1) is 11.0 Å². The highest BCUT2D eigenvalue weighted by molar-refractivity contribution is 7.10. The number of ether oxygens (including phenoxy) is 1. The number of hydrogen-bond acceptors (Lipinski definition) is 5. The van der Waals surface area contributed by atoms with Crippen molar-refractivity contribution < 1.29 is 13.9 Å². The van der Waals surface area contributed by atoms with Gasteiger partial charge in [0.2, 0.25) is 0 Å². The Hall–Kier alpha value is -1.80. The third-order valence-electron chi connectivity index (χ3n) is 4.17. The molecule has 0 spiro atoms. The second-order valence-electron chi connectivity index (χ2n) is 6.02. The summed E-state index contributed by atoms with van der Waals surface area (Å²) < 4.78 is 20.8. The topological polar surface area (TPSA) is 69.0 Å². The van der Waals surface area contributed by atoms with Gasteiger partial charge in [0, 0.05) is 24.4 Å². The number of nitrogens with one attached hydrogen (secondary N) is 1. The number of nitrogens with zero attached hydrogens (tertiary/aromatic N) is 3. The van der Waals surface area contributed by atoms with Crippen molar-refractivity contribution in [1.82, 2.24) is 20.3 Å². The van der Waals surface area contributed by atoms with Crippen LogP contribution in [0.4, 0.5) is 4.39 Å². The molecule has 0 bridgehead atoms. The summed E-state index contributed by atoms with van der Waals surface area (Å²) in [5.41, 5.74) is 1.15. The molecule has 2 aromatic heterocycles. The van der Waals surface area contributed by atoms with Crippen molar-refractivity contribution in [3.05, 3.63) is 33.5 Å². The molecule has 1 unspecified atom stereocenters. The highest BCUT2D eigenvalue weighted by atomic mass is 32.1. The molecule has 1 N–H and O–H groups in total. The van der Waals surface area contributed by atoms with Crippen LogP contribution >= 0.6 is 11.3 Å². The fourth-order valence-electron chi connectivity index (χ4n) is 2.76. The Morgan fingerprint density at radius 2 is 2.39 bits per heavy atom. The molecule has 1 amide bonds. The molecule has 1 aliphatic carbocycles. The summed E-state index contributed by atoms with van der Waals surface area (Å²) in [7, 11) is 0. The summed E-state index contributed by atoms with van der Waals surface area (Å²) in [5, 5.41) is 10.5. The summed E-state index contributed by atoms with van der Waals surface area (Å²) >= 11 is 1.15. The Bertz CT molecular complexity index is 725. The molecule has 6 nitrogen and oxygen atoms in total. The first kappa shape index (κ1) is 14.8. The molecule has 122 valence electrons. The van der Waals surface area contributed by atoms with Gasteiger partial charge in [-0.05, 0) is 30.4 Å². The number of amides is 1. The van der Waals surface area contributed by atoms with E-state index >= 15 is 0 Å². The quantitative estimate of drug-likeness (QED) is 0.906. The molecular weight excluding hydrogens is 319 g/mol. The number of halogens is 1. The van der Waals surface area contributed by atoms with Gasteiger partial charge in [-0.15, -0.1) is 16.4 Å². The Labute approximate surface area is 136 Å². The van der Waals surface area contributed by atoms with Crippen molar-refractivity contribution in [3.63, 3.8) is 0 Å². The van der Waals surface area contributed by atoms with Crippen LogP contribution in [-0.2, 0) is 17.7 Å². The first-order valence-corrected chi connectivity index (χ1v) is 8.59. The zero-order valence-corrected chi connectivity index (χ0v) is 13.3. The molecule has 1 atom stereocenters. The van der Waals surface area contributed by atoms with Crippen LogP contribution in [0.5, 0.6) is 0 Å². The van der Waals surface area contributed by atoms with E-state index in [1.54, 1.807) is 10.9 Å². The summed E-state index contributed by atoms with van der Waals surface area (Å²) in [6.45, 7) is 1.67. The molecule has 1 fully saturated rings.